The molecule has 1 heterocycles. The molecule has 2 rings (SSSR count). The van der Waals surface area contributed by atoms with E-state index in [0.29, 0.717) is 5.92 Å². The summed E-state index contributed by atoms with van der Waals surface area (Å²) >= 11 is 0. The third-order valence-corrected chi connectivity index (χ3v) is 3.55. The lowest BCUT2D eigenvalue weighted by Crippen LogP contribution is -2.39. The van der Waals surface area contributed by atoms with Crippen LogP contribution in [-0.2, 0) is 0 Å². The van der Waals surface area contributed by atoms with Gasteiger partial charge in [-0.2, -0.15) is 5.26 Å². The van der Waals surface area contributed by atoms with Gasteiger partial charge in [0.1, 0.15) is 0 Å². The predicted molar refractivity (Wildman–Crippen MR) is 59.4 cm³/mol. The fourth-order valence-corrected chi connectivity index (χ4v) is 2.66. The van der Waals surface area contributed by atoms with Crippen LogP contribution in [0.2, 0.25) is 0 Å². The van der Waals surface area contributed by atoms with Gasteiger partial charge in [-0.15, -0.1) is 12.4 Å². The molecular formula is C11H19ClN2. The Labute approximate surface area is 92.7 Å². The summed E-state index contributed by atoms with van der Waals surface area (Å²) in [6.45, 7) is 2.34. The Kier molecular flexibility index (Phi) is 4.71. The van der Waals surface area contributed by atoms with E-state index in [1.54, 1.807) is 0 Å². The van der Waals surface area contributed by atoms with E-state index in [9.17, 15) is 0 Å². The first kappa shape index (κ1) is 11.8. The third kappa shape index (κ3) is 2.62. The smallest absolute Gasteiger partial charge is 0.0656 e. The molecule has 1 saturated carbocycles. The number of rotatable bonds is 1. The van der Waals surface area contributed by atoms with Crippen LogP contribution in [0.15, 0.2) is 0 Å². The van der Waals surface area contributed by atoms with Crippen LogP contribution in [0.3, 0.4) is 0 Å². The molecule has 2 aliphatic rings. The summed E-state index contributed by atoms with van der Waals surface area (Å²) in [5.74, 6) is 0.345. The van der Waals surface area contributed by atoms with E-state index in [1.807, 2.05) is 0 Å². The topological polar surface area (TPSA) is 27.0 Å². The van der Waals surface area contributed by atoms with E-state index in [1.165, 1.54) is 38.8 Å². The minimum atomic E-state index is 0. The van der Waals surface area contributed by atoms with Gasteiger partial charge in [-0.25, -0.2) is 0 Å². The lowest BCUT2D eigenvalue weighted by molar-refractivity contribution is 0.149. The van der Waals surface area contributed by atoms with Crippen LogP contribution in [-0.4, -0.2) is 24.0 Å². The van der Waals surface area contributed by atoms with Crippen molar-refractivity contribution >= 4 is 12.4 Å². The van der Waals surface area contributed by atoms with Crippen LogP contribution >= 0.6 is 12.4 Å². The van der Waals surface area contributed by atoms with Crippen molar-refractivity contribution in [3.8, 4) is 6.07 Å². The van der Waals surface area contributed by atoms with Crippen molar-refractivity contribution in [1.82, 2.24) is 4.90 Å². The fraction of sp³-hybridized carbons (Fsp3) is 0.909. The van der Waals surface area contributed by atoms with E-state index < -0.39 is 0 Å². The molecule has 0 unspecified atom stereocenters. The van der Waals surface area contributed by atoms with Gasteiger partial charge in [-0.05, 0) is 38.8 Å². The van der Waals surface area contributed by atoms with Crippen molar-refractivity contribution in [3.05, 3.63) is 0 Å². The van der Waals surface area contributed by atoms with Gasteiger partial charge in [-0.1, -0.05) is 12.8 Å². The molecule has 0 amide bonds. The van der Waals surface area contributed by atoms with Gasteiger partial charge < -0.3 is 4.90 Å². The van der Waals surface area contributed by atoms with Gasteiger partial charge in [0.15, 0.2) is 0 Å². The molecule has 14 heavy (non-hydrogen) atoms. The summed E-state index contributed by atoms with van der Waals surface area (Å²) in [7, 11) is 0. The molecule has 0 atom stereocenters. The first-order chi connectivity index (χ1) is 6.40. The predicted octanol–water partition coefficient (Wildman–Crippen LogP) is 2.59. The van der Waals surface area contributed by atoms with E-state index in [0.717, 1.165) is 18.9 Å². The van der Waals surface area contributed by atoms with Crippen molar-refractivity contribution < 1.29 is 0 Å². The Morgan fingerprint density at radius 3 is 2.07 bits per heavy atom. The summed E-state index contributed by atoms with van der Waals surface area (Å²) in [4.78, 5) is 2.61. The average molecular weight is 215 g/mol. The number of nitrogens with zero attached hydrogens (tertiary/aromatic N) is 2. The molecule has 1 aliphatic heterocycles. The van der Waals surface area contributed by atoms with Crippen molar-refractivity contribution in [1.29, 1.82) is 5.26 Å². The Balaban J connectivity index is 0.000000980. The molecule has 2 nitrogen and oxygen atoms in total. The molecule has 80 valence electrons. The molecule has 0 N–H and O–H groups in total. The molecule has 2 fully saturated rings. The van der Waals surface area contributed by atoms with E-state index >= 15 is 0 Å². The van der Waals surface area contributed by atoms with Crippen LogP contribution in [0.25, 0.3) is 0 Å². The van der Waals surface area contributed by atoms with Gasteiger partial charge in [0.2, 0.25) is 0 Å². The van der Waals surface area contributed by atoms with Gasteiger partial charge in [0, 0.05) is 12.0 Å². The van der Waals surface area contributed by atoms with Crippen LogP contribution in [0.1, 0.15) is 38.5 Å². The highest BCUT2D eigenvalue weighted by atomic mass is 35.5. The molecule has 0 aromatic heterocycles. The average Bonchev–Trinajstić information content (AvgIpc) is 2.71. The number of halogens is 1. The molecule has 1 saturated heterocycles. The highest BCUT2D eigenvalue weighted by molar-refractivity contribution is 5.85. The molecule has 0 bridgehead atoms. The summed E-state index contributed by atoms with van der Waals surface area (Å²) in [6.07, 6.45) is 7.85. The van der Waals surface area contributed by atoms with Gasteiger partial charge >= 0.3 is 0 Å². The standard InChI is InChI=1S/C11H18N2.ClH/c12-9-10-5-7-13(8-6-10)11-3-1-2-4-11;/h10-11H,1-8H2;1H. The van der Waals surface area contributed by atoms with E-state index in [-0.39, 0.29) is 12.4 Å². The highest BCUT2D eigenvalue weighted by Crippen LogP contribution is 2.27. The zero-order valence-electron chi connectivity index (χ0n) is 8.61. The van der Waals surface area contributed by atoms with Gasteiger partial charge in [0.05, 0.1) is 6.07 Å². The summed E-state index contributed by atoms with van der Waals surface area (Å²) in [5, 5.41) is 8.77. The second-order valence-corrected chi connectivity index (χ2v) is 4.38. The Morgan fingerprint density at radius 1 is 1.00 bits per heavy atom. The fourth-order valence-electron chi connectivity index (χ4n) is 2.66. The second kappa shape index (κ2) is 5.58. The van der Waals surface area contributed by atoms with Gasteiger partial charge in [0.25, 0.3) is 0 Å². The van der Waals surface area contributed by atoms with Crippen LogP contribution in [0, 0.1) is 17.2 Å². The number of nitriles is 1. The molecule has 1 aliphatic carbocycles. The largest absolute Gasteiger partial charge is 0.300 e. The molecule has 0 radical (unpaired) electrons. The summed E-state index contributed by atoms with van der Waals surface area (Å²) in [6, 6.07) is 3.25. The van der Waals surface area contributed by atoms with E-state index in [2.05, 4.69) is 11.0 Å². The Hall–Kier alpha value is -0.260. The molecule has 0 spiro atoms. The molecule has 0 aromatic carbocycles. The van der Waals surface area contributed by atoms with Crippen LogP contribution < -0.4 is 0 Å². The second-order valence-electron chi connectivity index (χ2n) is 4.38. The molecule has 3 heteroatoms. The van der Waals surface area contributed by atoms with Crippen molar-refractivity contribution in [3.63, 3.8) is 0 Å². The monoisotopic (exact) mass is 214 g/mol. The first-order valence-electron chi connectivity index (χ1n) is 5.54. The quantitative estimate of drug-likeness (QED) is 0.671. The van der Waals surface area contributed by atoms with Crippen molar-refractivity contribution in [2.75, 3.05) is 13.1 Å². The zero-order chi connectivity index (χ0) is 9.10. The maximum Gasteiger partial charge on any atom is 0.0656 e. The lowest BCUT2D eigenvalue weighted by Gasteiger charge is -2.33. The Morgan fingerprint density at radius 2 is 1.57 bits per heavy atom. The Bertz CT molecular complexity index is 198. The SMILES string of the molecule is Cl.N#CC1CCN(C2CCCC2)CC1. The maximum absolute atomic E-state index is 8.77. The molecule has 0 aromatic rings. The maximum atomic E-state index is 8.77. The lowest BCUT2D eigenvalue weighted by atomic mass is 9.97. The van der Waals surface area contributed by atoms with E-state index in [4.69, 9.17) is 5.26 Å². The minimum Gasteiger partial charge on any atom is -0.300 e. The van der Waals surface area contributed by atoms with Crippen molar-refractivity contribution in [2.24, 2.45) is 5.92 Å². The number of hydrogen-bond acceptors (Lipinski definition) is 2. The van der Waals surface area contributed by atoms with Crippen LogP contribution in [0.5, 0.6) is 0 Å². The molecular weight excluding hydrogens is 196 g/mol. The van der Waals surface area contributed by atoms with Crippen molar-refractivity contribution in [2.45, 2.75) is 44.6 Å². The highest BCUT2D eigenvalue weighted by Gasteiger charge is 2.26. The zero-order valence-corrected chi connectivity index (χ0v) is 9.43. The van der Waals surface area contributed by atoms with Gasteiger partial charge in [-0.3, -0.25) is 0 Å². The number of likely N-dealkylation sites (tertiary alicyclic amines) is 1. The normalized spacial score (nSPS) is 25.6. The number of hydrogen-bond donors (Lipinski definition) is 0. The van der Waals surface area contributed by atoms with Crippen LogP contribution in [0.4, 0.5) is 0 Å². The summed E-state index contributed by atoms with van der Waals surface area (Å²) in [5.41, 5.74) is 0. The first-order valence-corrected chi connectivity index (χ1v) is 5.54. The third-order valence-electron chi connectivity index (χ3n) is 3.55. The summed E-state index contributed by atoms with van der Waals surface area (Å²) < 4.78 is 0. The number of piperidine rings is 1. The minimum absolute atomic E-state index is 0.